The summed E-state index contributed by atoms with van der Waals surface area (Å²) in [6.07, 6.45) is 5.36. The fraction of sp³-hybridized carbons (Fsp3) is 0.545. The molecule has 1 aromatic heterocycles. The van der Waals surface area contributed by atoms with Gasteiger partial charge in [-0.2, -0.15) is 0 Å². The van der Waals surface area contributed by atoms with Crippen LogP contribution in [0.4, 0.5) is 5.69 Å². The molecular formula is C11H15BrClN3. The van der Waals surface area contributed by atoms with Gasteiger partial charge in [0.15, 0.2) is 0 Å². The second-order valence-electron chi connectivity index (χ2n) is 4.02. The summed E-state index contributed by atoms with van der Waals surface area (Å²) in [6, 6.07) is 2.51. The average Bonchev–Trinajstić information content (AvgIpc) is 2.52. The van der Waals surface area contributed by atoms with Crippen LogP contribution in [0.1, 0.15) is 19.3 Å². The first-order valence-corrected chi connectivity index (χ1v) is 6.71. The van der Waals surface area contributed by atoms with E-state index in [0.29, 0.717) is 11.2 Å². The maximum atomic E-state index is 5.85. The number of aromatic nitrogens is 1. The lowest BCUT2D eigenvalue weighted by molar-refractivity contribution is 0.637. The van der Waals surface area contributed by atoms with Crippen molar-refractivity contribution in [3.05, 3.63) is 21.9 Å². The molecule has 5 heteroatoms. The smallest absolute Gasteiger partial charge is 0.143 e. The number of anilines is 1. The van der Waals surface area contributed by atoms with Crippen LogP contribution < -0.4 is 10.6 Å². The number of pyridine rings is 1. The molecule has 1 saturated heterocycles. The lowest BCUT2D eigenvalue weighted by Crippen LogP contribution is -2.21. The van der Waals surface area contributed by atoms with E-state index >= 15 is 0 Å². The summed E-state index contributed by atoms with van der Waals surface area (Å²) in [7, 11) is 0. The molecule has 0 bridgehead atoms. The van der Waals surface area contributed by atoms with Gasteiger partial charge in [-0.3, -0.25) is 0 Å². The highest BCUT2D eigenvalue weighted by Crippen LogP contribution is 2.24. The Balaban J connectivity index is 1.99. The van der Waals surface area contributed by atoms with E-state index in [1.54, 1.807) is 6.20 Å². The minimum absolute atomic E-state index is 0.507. The zero-order valence-corrected chi connectivity index (χ0v) is 11.3. The molecule has 2 heterocycles. The van der Waals surface area contributed by atoms with Crippen LogP contribution in [0.5, 0.6) is 0 Å². The van der Waals surface area contributed by atoms with Gasteiger partial charge in [0.25, 0.3) is 0 Å². The minimum Gasteiger partial charge on any atom is -0.381 e. The molecule has 0 saturated carbocycles. The normalized spacial score (nSPS) is 21.5. The van der Waals surface area contributed by atoms with Crippen molar-refractivity contribution < 1.29 is 0 Å². The summed E-state index contributed by atoms with van der Waals surface area (Å²) in [5.74, 6) is 0. The van der Waals surface area contributed by atoms with E-state index in [2.05, 4.69) is 31.5 Å². The van der Waals surface area contributed by atoms with Gasteiger partial charge < -0.3 is 10.6 Å². The summed E-state index contributed by atoms with van der Waals surface area (Å²) in [5.41, 5.74) is 1.03. The maximum absolute atomic E-state index is 5.85. The van der Waals surface area contributed by atoms with Gasteiger partial charge >= 0.3 is 0 Å². The highest BCUT2D eigenvalue weighted by atomic mass is 79.9. The summed E-state index contributed by atoms with van der Waals surface area (Å²) in [5, 5.41) is 7.40. The molecular weight excluding hydrogens is 289 g/mol. The summed E-state index contributed by atoms with van der Waals surface area (Å²) in [6.45, 7) is 2.21. The molecule has 1 fully saturated rings. The van der Waals surface area contributed by atoms with Gasteiger partial charge in [0, 0.05) is 6.04 Å². The highest BCUT2D eigenvalue weighted by Gasteiger charge is 2.12. The van der Waals surface area contributed by atoms with Crippen LogP contribution in [0.2, 0.25) is 5.15 Å². The number of hydrogen-bond acceptors (Lipinski definition) is 3. The molecule has 0 aliphatic carbocycles. The predicted octanol–water partition coefficient (Wildman–Crippen LogP) is 3.05. The Morgan fingerprint density at radius 3 is 3.12 bits per heavy atom. The Hall–Kier alpha value is -0.320. The SMILES string of the molecule is Clc1ncc(NC2CCCNCC2)cc1Br. The molecule has 1 unspecified atom stereocenters. The van der Waals surface area contributed by atoms with Crippen LogP contribution in [0.15, 0.2) is 16.7 Å². The van der Waals surface area contributed by atoms with Gasteiger partial charge in [-0.05, 0) is 54.3 Å². The molecule has 2 rings (SSSR count). The van der Waals surface area contributed by atoms with Crippen LogP contribution in [-0.2, 0) is 0 Å². The fourth-order valence-corrected chi connectivity index (χ4v) is 2.35. The molecule has 1 atom stereocenters. The minimum atomic E-state index is 0.507. The first kappa shape index (κ1) is 12.1. The largest absolute Gasteiger partial charge is 0.381 e. The predicted molar refractivity (Wildman–Crippen MR) is 71.1 cm³/mol. The van der Waals surface area contributed by atoms with Crippen molar-refractivity contribution in [1.29, 1.82) is 0 Å². The van der Waals surface area contributed by atoms with E-state index in [-0.39, 0.29) is 0 Å². The van der Waals surface area contributed by atoms with Crippen LogP contribution in [-0.4, -0.2) is 24.1 Å². The Labute approximate surface area is 109 Å². The van der Waals surface area contributed by atoms with E-state index in [9.17, 15) is 0 Å². The Bertz CT molecular complexity index is 351. The number of rotatable bonds is 2. The summed E-state index contributed by atoms with van der Waals surface area (Å²) >= 11 is 9.23. The van der Waals surface area contributed by atoms with Crippen molar-refractivity contribution in [2.75, 3.05) is 18.4 Å². The zero-order valence-electron chi connectivity index (χ0n) is 8.97. The first-order chi connectivity index (χ1) is 7.75. The Morgan fingerprint density at radius 2 is 2.31 bits per heavy atom. The topological polar surface area (TPSA) is 37.0 Å². The molecule has 2 N–H and O–H groups in total. The molecule has 0 amide bonds. The van der Waals surface area contributed by atoms with Crippen molar-refractivity contribution in [2.45, 2.75) is 25.3 Å². The van der Waals surface area contributed by atoms with E-state index in [0.717, 1.165) is 29.7 Å². The van der Waals surface area contributed by atoms with Gasteiger partial charge in [0.1, 0.15) is 5.15 Å². The van der Waals surface area contributed by atoms with E-state index in [4.69, 9.17) is 11.6 Å². The number of nitrogens with one attached hydrogen (secondary N) is 2. The third kappa shape index (κ3) is 3.34. The van der Waals surface area contributed by atoms with E-state index < -0.39 is 0 Å². The van der Waals surface area contributed by atoms with E-state index in [1.165, 1.54) is 12.8 Å². The molecule has 16 heavy (non-hydrogen) atoms. The molecule has 0 radical (unpaired) electrons. The molecule has 1 aliphatic heterocycles. The molecule has 0 spiro atoms. The Kier molecular flexibility index (Phi) is 4.44. The molecule has 0 aromatic carbocycles. The molecule has 3 nitrogen and oxygen atoms in total. The number of nitrogens with zero attached hydrogens (tertiary/aromatic N) is 1. The van der Waals surface area contributed by atoms with Crippen LogP contribution in [0.3, 0.4) is 0 Å². The van der Waals surface area contributed by atoms with Crippen LogP contribution in [0, 0.1) is 0 Å². The molecule has 88 valence electrons. The van der Waals surface area contributed by atoms with Gasteiger partial charge in [0.2, 0.25) is 0 Å². The lowest BCUT2D eigenvalue weighted by Gasteiger charge is -2.17. The first-order valence-electron chi connectivity index (χ1n) is 5.54. The van der Waals surface area contributed by atoms with Crippen molar-refractivity contribution >= 4 is 33.2 Å². The lowest BCUT2D eigenvalue weighted by atomic mass is 10.1. The van der Waals surface area contributed by atoms with Crippen molar-refractivity contribution in [3.8, 4) is 0 Å². The van der Waals surface area contributed by atoms with Crippen molar-refractivity contribution in [2.24, 2.45) is 0 Å². The quantitative estimate of drug-likeness (QED) is 0.825. The second-order valence-corrected chi connectivity index (χ2v) is 5.23. The van der Waals surface area contributed by atoms with Gasteiger partial charge in [-0.15, -0.1) is 0 Å². The Morgan fingerprint density at radius 1 is 1.44 bits per heavy atom. The highest BCUT2D eigenvalue weighted by molar-refractivity contribution is 9.10. The maximum Gasteiger partial charge on any atom is 0.143 e. The van der Waals surface area contributed by atoms with Crippen molar-refractivity contribution in [3.63, 3.8) is 0 Å². The summed E-state index contributed by atoms with van der Waals surface area (Å²) < 4.78 is 0.839. The average molecular weight is 305 g/mol. The second kappa shape index (κ2) is 5.84. The van der Waals surface area contributed by atoms with Gasteiger partial charge in [0.05, 0.1) is 16.4 Å². The van der Waals surface area contributed by atoms with Gasteiger partial charge in [-0.1, -0.05) is 11.6 Å². The van der Waals surface area contributed by atoms with Crippen LogP contribution in [0.25, 0.3) is 0 Å². The number of hydrogen-bond donors (Lipinski definition) is 2. The monoisotopic (exact) mass is 303 g/mol. The van der Waals surface area contributed by atoms with Crippen LogP contribution >= 0.6 is 27.5 Å². The number of halogens is 2. The molecule has 1 aliphatic rings. The zero-order chi connectivity index (χ0) is 11.4. The third-order valence-electron chi connectivity index (χ3n) is 2.74. The third-order valence-corrected chi connectivity index (χ3v) is 3.88. The summed E-state index contributed by atoms with van der Waals surface area (Å²) in [4.78, 5) is 4.11. The fourth-order valence-electron chi connectivity index (χ4n) is 1.90. The van der Waals surface area contributed by atoms with Crippen molar-refractivity contribution in [1.82, 2.24) is 10.3 Å². The molecule has 1 aromatic rings. The van der Waals surface area contributed by atoms with E-state index in [1.807, 2.05) is 6.07 Å². The van der Waals surface area contributed by atoms with Gasteiger partial charge in [-0.25, -0.2) is 4.98 Å². The standard InChI is InChI=1S/C11H15BrClN3/c12-10-6-9(7-15-11(10)13)16-8-2-1-4-14-5-3-8/h6-8,14,16H,1-5H2.